The van der Waals surface area contributed by atoms with Crippen molar-refractivity contribution in [2.45, 2.75) is 45.1 Å². The smallest absolute Gasteiger partial charge is 0.222 e. The molecule has 3 aliphatic heterocycles. The number of rotatable bonds is 7. The highest BCUT2D eigenvalue weighted by molar-refractivity contribution is 5.77. The molecule has 3 aliphatic rings. The lowest BCUT2D eigenvalue weighted by atomic mass is 9.81. The Morgan fingerprint density at radius 2 is 1.80 bits per heavy atom. The number of hydrogen-bond donors (Lipinski definition) is 1. The lowest BCUT2D eigenvalue weighted by Crippen LogP contribution is -2.50. The van der Waals surface area contributed by atoms with Crippen LogP contribution in [0.3, 0.4) is 0 Å². The van der Waals surface area contributed by atoms with Crippen LogP contribution in [0.2, 0.25) is 0 Å². The van der Waals surface area contributed by atoms with Gasteiger partial charge in [-0.2, -0.15) is 0 Å². The summed E-state index contributed by atoms with van der Waals surface area (Å²) >= 11 is 0. The van der Waals surface area contributed by atoms with E-state index in [-0.39, 0.29) is 11.7 Å². The van der Waals surface area contributed by atoms with E-state index in [0.717, 1.165) is 88.9 Å². The van der Waals surface area contributed by atoms with Crippen LogP contribution in [-0.4, -0.2) is 73.2 Å². The molecule has 5 rings (SSSR count). The number of carbonyl (C=O) groups is 1. The molecule has 8 heteroatoms. The number of aromatic nitrogens is 1. The molecule has 0 unspecified atom stereocenters. The summed E-state index contributed by atoms with van der Waals surface area (Å²) in [6.07, 6.45) is 6.34. The van der Waals surface area contributed by atoms with Gasteiger partial charge in [-0.15, -0.1) is 0 Å². The molecule has 35 heavy (non-hydrogen) atoms. The van der Waals surface area contributed by atoms with Crippen LogP contribution in [0, 0.1) is 17.7 Å². The lowest BCUT2D eigenvalue weighted by Gasteiger charge is -2.38. The van der Waals surface area contributed by atoms with E-state index in [0.29, 0.717) is 18.3 Å². The van der Waals surface area contributed by atoms with Gasteiger partial charge in [-0.3, -0.25) is 9.69 Å². The predicted octanol–water partition coefficient (Wildman–Crippen LogP) is 3.31. The zero-order valence-corrected chi connectivity index (χ0v) is 20.6. The molecule has 4 heterocycles. The SMILES string of the molecule is O=C(C[C@H]1CCNC[C@@H]1Cc1cc(CN2CCCCC2)on1)N1CCN(c2ccc(F)cc2)CC1. The molecule has 0 bridgehead atoms. The molecular weight excluding hydrogens is 445 g/mol. The van der Waals surface area contributed by atoms with Crippen molar-refractivity contribution in [3.8, 4) is 0 Å². The van der Waals surface area contributed by atoms with Crippen molar-refractivity contribution in [2.75, 3.05) is 57.3 Å². The zero-order chi connectivity index (χ0) is 24.0. The maximum absolute atomic E-state index is 13.2. The summed E-state index contributed by atoms with van der Waals surface area (Å²) < 4.78 is 18.9. The van der Waals surface area contributed by atoms with Crippen LogP contribution >= 0.6 is 0 Å². The van der Waals surface area contributed by atoms with Crippen molar-refractivity contribution in [3.63, 3.8) is 0 Å². The van der Waals surface area contributed by atoms with E-state index < -0.39 is 0 Å². The molecule has 1 amide bonds. The van der Waals surface area contributed by atoms with Crippen LogP contribution < -0.4 is 10.2 Å². The molecule has 0 spiro atoms. The zero-order valence-electron chi connectivity index (χ0n) is 20.6. The van der Waals surface area contributed by atoms with Crippen molar-refractivity contribution in [1.82, 2.24) is 20.3 Å². The van der Waals surface area contributed by atoms with Gasteiger partial charge >= 0.3 is 0 Å². The summed E-state index contributed by atoms with van der Waals surface area (Å²) in [6.45, 7) is 8.02. The first kappa shape index (κ1) is 24.3. The predicted molar refractivity (Wildman–Crippen MR) is 134 cm³/mol. The standard InChI is InChI=1S/C27H38FN5O2/c28-23-4-6-25(7-5-23)32-12-14-33(15-13-32)27(34)17-21-8-9-29-19-22(21)16-24-18-26(35-30-24)20-31-10-2-1-3-11-31/h4-7,18,21-22,29H,1-3,8-17,19-20H2/t21-,22+/m1/s1. The van der Waals surface area contributed by atoms with E-state index >= 15 is 0 Å². The Kier molecular flexibility index (Phi) is 7.99. The minimum Gasteiger partial charge on any atom is -0.368 e. The van der Waals surface area contributed by atoms with E-state index in [1.165, 1.54) is 31.4 Å². The summed E-state index contributed by atoms with van der Waals surface area (Å²) in [4.78, 5) is 19.9. The molecule has 7 nitrogen and oxygen atoms in total. The minimum absolute atomic E-state index is 0.220. The molecule has 2 aromatic rings. The third-order valence-electron chi connectivity index (χ3n) is 7.93. The monoisotopic (exact) mass is 483 g/mol. The number of piperidine rings is 2. The number of carbonyl (C=O) groups excluding carboxylic acids is 1. The topological polar surface area (TPSA) is 64.9 Å². The van der Waals surface area contributed by atoms with Crippen molar-refractivity contribution in [3.05, 3.63) is 47.6 Å². The first-order chi connectivity index (χ1) is 17.1. The molecule has 1 N–H and O–H groups in total. The maximum atomic E-state index is 13.2. The highest BCUT2D eigenvalue weighted by atomic mass is 19.1. The summed E-state index contributed by atoms with van der Waals surface area (Å²) in [7, 11) is 0. The molecule has 3 saturated heterocycles. The van der Waals surface area contributed by atoms with Crippen molar-refractivity contribution < 1.29 is 13.7 Å². The number of hydrogen-bond acceptors (Lipinski definition) is 6. The Morgan fingerprint density at radius 1 is 1.03 bits per heavy atom. The molecule has 190 valence electrons. The Hall–Kier alpha value is -2.45. The van der Waals surface area contributed by atoms with E-state index in [9.17, 15) is 9.18 Å². The van der Waals surface area contributed by atoms with Gasteiger partial charge in [0.15, 0.2) is 5.76 Å². The normalized spacial score (nSPS) is 24.0. The van der Waals surface area contributed by atoms with Crippen molar-refractivity contribution >= 4 is 11.6 Å². The third-order valence-corrected chi connectivity index (χ3v) is 7.93. The number of benzene rings is 1. The second kappa shape index (κ2) is 11.5. The number of piperazine rings is 1. The van der Waals surface area contributed by atoms with Gasteiger partial charge in [0.05, 0.1) is 12.2 Å². The number of nitrogens with zero attached hydrogens (tertiary/aromatic N) is 4. The highest BCUT2D eigenvalue weighted by Gasteiger charge is 2.31. The van der Waals surface area contributed by atoms with Crippen molar-refractivity contribution in [2.24, 2.45) is 11.8 Å². The second-order valence-electron chi connectivity index (χ2n) is 10.4. The van der Waals surface area contributed by atoms with Gasteiger partial charge in [0, 0.05) is 44.4 Å². The third kappa shape index (κ3) is 6.41. The van der Waals surface area contributed by atoms with Crippen molar-refractivity contribution in [1.29, 1.82) is 0 Å². The van der Waals surface area contributed by atoms with E-state index in [2.05, 4.69) is 26.3 Å². The molecule has 3 fully saturated rings. The van der Waals surface area contributed by atoms with Gasteiger partial charge in [-0.1, -0.05) is 11.6 Å². The van der Waals surface area contributed by atoms with E-state index in [4.69, 9.17) is 4.52 Å². The number of likely N-dealkylation sites (tertiary alicyclic amines) is 1. The first-order valence-electron chi connectivity index (χ1n) is 13.3. The van der Waals surface area contributed by atoms with Gasteiger partial charge < -0.3 is 19.6 Å². The highest BCUT2D eigenvalue weighted by Crippen LogP contribution is 2.28. The molecule has 0 radical (unpaired) electrons. The number of amides is 1. The maximum Gasteiger partial charge on any atom is 0.222 e. The average Bonchev–Trinajstić information content (AvgIpc) is 3.33. The van der Waals surface area contributed by atoms with Gasteiger partial charge in [0.25, 0.3) is 0 Å². The number of anilines is 1. The fourth-order valence-electron chi connectivity index (χ4n) is 5.84. The Labute approximate surface area is 207 Å². The molecule has 2 atom stereocenters. The van der Waals surface area contributed by atoms with Gasteiger partial charge in [-0.05, 0) is 88.0 Å². The van der Waals surface area contributed by atoms with Gasteiger partial charge in [-0.25, -0.2) is 4.39 Å². The Balaban J connectivity index is 1.11. The van der Waals surface area contributed by atoms with E-state index in [1.54, 1.807) is 0 Å². The average molecular weight is 484 g/mol. The van der Waals surface area contributed by atoms with Crippen LogP contribution in [0.25, 0.3) is 0 Å². The quantitative estimate of drug-likeness (QED) is 0.652. The summed E-state index contributed by atoms with van der Waals surface area (Å²) in [5.41, 5.74) is 2.03. The Bertz CT molecular complexity index is 951. The first-order valence-corrected chi connectivity index (χ1v) is 13.3. The number of halogens is 1. The van der Waals surface area contributed by atoms with Gasteiger partial charge in [0.1, 0.15) is 5.82 Å². The molecule has 0 saturated carbocycles. The molecule has 1 aromatic carbocycles. The van der Waals surface area contributed by atoms with Crippen LogP contribution in [-0.2, 0) is 17.8 Å². The molecule has 0 aliphatic carbocycles. The fraction of sp³-hybridized carbons (Fsp3) is 0.630. The summed E-state index contributed by atoms with van der Waals surface area (Å²) in [6, 6.07) is 8.74. The van der Waals surface area contributed by atoms with Crippen LogP contribution in [0.1, 0.15) is 43.6 Å². The van der Waals surface area contributed by atoms with Crippen LogP contribution in [0.5, 0.6) is 0 Å². The Morgan fingerprint density at radius 3 is 2.57 bits per heavy atom. The molecule has 1 aromatic heterocycles. The number of nitrogens with one attached hydrogen (secondary N) is 1. The van der Waals surface area contributed by atoms with E-state index in [1.807, 2.05) is 17.0 Å². The minimum atomic E-state index is -0.220. The van der Waals surface area contributed by atoms with Crippen LogP contribution in [0.15, 0.2) is 34.9 Å². The van der Waals surface area contributed by atoms with Crippen LogP contribution in [0.4, 0.5) is 10.1 Å². The molecular formula is C27H38FN5O2. The fourth-order valence-corrected chi connectivity index (χ4v) is 5.84. The largest absolute Gasteiger partial charge is 0.368 e. The second-order valence-corrected chi connectivity index (χ2v) is 10.4. The summed E-state index contributed by atoms with van der Waals surface area (Å²) in [5, 5.41) is 7.88. The summed E-state index contributed by atoms with van der Waals surface area (Å²) in [5.74, 6) is 1.74. The van der Waals surface area contributed by atoms with Gasteiger partial charge in [0.2, 0.25) is 5.91 Å². The lowest BCUT2D eigenvalue weighted by molar-refractivity contribution is -0.133.